The number of hydrogen-bond donors (Lipinski definition) is 16. The lowest BCUT2D eigenvalue weighted by Crippen LogP contribution is -2.41. The Morgan fingerprint density at radius 3 is 1.02 bits per heavy atom. The molecule has 0 atom stereocenters. The highest BCUT2D eigenvalue weighted by Gasteiger charge is 2.26. The molecule has 0 radical (unpaired) electrons. The van der Waals surface area contributed by atoms with Gasteiger partial charge in [0.2, 0.25) is 0 Å². The van der Waals surface area contributed by atoms with E-state index in [0.717, 1.165) is 58.2 Å². The number of halogens is 4. The van der Waals surface area contributed by atoms with Crippen molar-refractivity contribution in [3.05, 3.63) is 221 Å². The SMILES string of the molecule is O=C(CN(C(=S)Nc1ccc(/C=C/c2ccc(NC(=S)NCCOCCNC(=S)Nc3ccc(/C=C/c4ccc(NC(=S)N(CC(=O)N/N=C/c5cc(Br)c(O)c(Br)c5O)c5ccc6ccccc6c5)cc4S(=O)(=O)O)c(S(=O)(=O)O)c3)cc2S(=O)(=O)O)c(S(=O)(=O)O)c1)c1ccc2ccccc2c1)N/N=C/c1cc(Br)c(O)c(Br)c1O. The van der Waals surface area contributed by atoms with E-state index in [4.69, 9.17) is 53.6 Å². The second-order valence-corrected chi connectivity index (χ2v) is 35.0. The number of carbonyl (C=O) groups is 2. The van der Waals surface area contributed by atoms with Crippen LogP contribution in [0.1, 0.15) is 33.4 Å². The molecular weight excluding hydrogens is 1940 g/mol. The largest absolute Gasteiger partial charge is 0.506 e. The average Bonchev–Trinajstić information content (AvgIpc) is 0.785. The first-order valence-corrected chi connectivity index (χ1v) is 43.9. The van der Waals surface area contributed by atoms with Gasteiger partial charge in [-0.2, -0.15) is 43.9 Å². The van der Waals surface area contributed by atoms with Crippen LogP contribution in [0, 0.1) is 0 Å². The van der Waals surface area contributed by atoms with Crippen molar-refractivity contribution in [1.82, 2.24) is 21.5 Å². The van der Waals surface area contributed by atoms with Crippen LogP contribution in [0.25, 0.3) is 45.8 Å². The van der Waals surface area contributed by atoms with Crippen LogP contribution in [-0.2, 0) is 54.8 Å². The molecule has 0 spiro atoms. The lowest BCUT2D eigenvalue weighted by atomic mass is 10.1. The van der Waals surface area contributed by atoms with Crippen molar-refractivity contribution in [1.29, 1.82) is 0 Å². The molecule has 0 aliphatic heterocycles. The maximum absolute atomic E-state index is 13.5. The van der Waals surface area contributed by atoms with E-state index >= 15 is 0 Å². The van der Waals surface area contributed by atoms with Crippen molar-refractivity contribution < 1.29 is 86.6 Å². The highest BCUT2D eigenvalue weighted by atomic mass is 79.9. The summed E-state index contributed by atoms with van der Waals surface area (Å²) in [5, 5.41) is 69.3. The zero-order chi connectivity index (χ0) is 84.8. The van der Waals surface area contributed by atoms with Crippen molar-refractivity contribution in [2.45, 2.75) is 19.6 Å². The first-order chi connectivity index (χ1) is 55.3. The normalized spacial score (nSPS) is 12.0. The summed E-state index contributed by atoms with van der Waals surface area (Å²) in [5.41, 5.74) is 5.63. The number of nitrogens with one attached hydrogen (secondary N) is 8. The summed E-state index contributed by atoms with van der Waals surface area (Å²) in [6.45, 7) is -0.521. The fraction of sp³-hybridized carbons (Fsp3) is 0.0811. The summed E-state index contributed by atoms with van der Waals surface area (Å²) in [4.78, 5) is 27.2. The van der Waals surface area contributed by atoms with Crippen LogP contribution in [0.2, 0.25) is 0 Å². The number of anilines is 6. The number of amides is 2. The van der Waals surface area contributed by atoms with Crippen LogP contribution in [0.15, 0.2) is 218 Å². The number of thiocarbonyl (C=S) groups is 4. The molecule has 10 rings (SSSR count). The fourth-order valence-electron chi connectivity index (χ4n) is 10.9. The van der Waals surface area contributed by atoms with E-state index in [-0.39, 0.29) is 144 Å². The van der Waals surface area contributed by atoms with E-state index in [1.807, 2.05) is 48.5 Å². The third-order valence-corrected chi connectivity index (χ3v) is 24.0. The first kappa shape index (κ1) is 89.3. The Kier molecular flexibility index (Phi) is 29.8. The Morgan fingerprint density at radius 1 is 0.393 bits per heavy atom. The zero-order valence-corrected chi connectivity index (χ0v) is 72.4. The number of benzene rings is 10. The van der Waals surface area contributed by atoms with Crippen LogP contribution < -0.4 is 52.6 Å². The van der Waals surface area contributed by atoms with Crippen LogP contribution >= 0.6 is 113 Å². The molecular formula is C74H62Br4N12O19S8. The van der Waals surface area contributed by atoms with Gasteiger partial charge in [-0.1, -0.05) is 109 Å². The molecule has 0 unspecified atom stereocenters. The van der Waals surface area contributed by atoms with Gasteiger partial charge in [-0.25, -0.2) is 10.9 Å². The standard InChI is InChI=1S/C74H62Br4N12O19S8/c75-57-31-49(67(93)65(77)69(57)95)37-81-87-63(91)39-89(55-23-17-41-5-1-3-7-47(41)29-55)73(112)85-53-21-15-45(61(35-53)116(103,104)105)11-9-43-13-19-51(33-59(43)114(97,98)99)83-71(110)79-25-27-109-28-26-80-72(111)84-52-20-14-44(60(34-52)115(100,101)102)10-12-46-16-22-54(36-62(46)117(106,107)108)86-74(113)90(56-24-18-42-6-2-4-8-48(42)30-56)40-64(92)88-82-38-50-32-58(76)70(96)66(78)68(50)94/h1-24,29-38,93-96H,25-28,39-40H2,(H,85,112)(H,86,113)(H,87,91)(H,88,92)(H2,79,83,110)(H2,80,84,111)(H,97,98,99)(H,100,101,102)(H,103,104,105)(H,106,107,108)/b11-9+,12-10+,81-37+,82-38+. The minimum absolute atomic E-state index is 0.00655. The van der Waals surface area contributed by atoms with Gasteiger partial charge in [0.05, 0.1) is 34.6 Å². The number of rotatable bonds is 28. The minimum Gasteiger partial charge on any atom is -0.506 e. The van der Waals surface area contributed by atoms with Gasteiger partial charge in [-0.05, 0) is 241 Å². The molecule has 31 nitrogen and oxygen atoms in total. The molecule has 0 aromatic heterocycles. The summed E-state index contributed by atoms with van der Waals surface area (Å²) in [5.74, 6) is -2.61. The molecule has 2 amide bonds. The smallest absolute Gasteiger partial charge is 0.295 e. The topological polar surface area (TPSA) is 469 Å². The van der Waals surface area contributed by atoms with E-state index in [0.29, 0.717) is 11.4 Å². The summed E-state index contributed by atoms with van der Waals surface area (Å²) in [7, 11) is -20.0. The molecule has 0 bridgehead atoms. The third kappa shape index (κ3) is 24.1. The van der Waals surface area contributed by atoms with Crippen LogP contribution in [-0.4, -0.2) is 156 Å². The van der Waals surface area contributed by atoms with Crippen LogP contribution in [0.4, 0.5) is 34.1 Å². The van der Waals surface area contributed by atoms with E-state index < -0.39 is 85.0 Å². The van der Waals surface area contributed by atoms with Crippen molar-refractivity contribution in [2.75, 3.05) is 70.5 Å². The number of hydrogen-bond acceptors (Lipinski definition) is 21. The summed E-state index contributed by atoms with van der Waals surface area (Å²) < 4.78 is 151. The Bertz CT molecular complexity index is 5900. The molecule has 10 aromatic carbocycles. The number of phenols is 4. The van der Waals surface area contributed by atoms with Gasteiger partial charge in [0.25, 0.3) is 52.3 Å². The lowest BCUT2D eigenvalue weighted by molar-refractivity contribution is -0.120. The van der Waals surface area contributed by atoms with Crippen LogP contribution in [0.5, 0.6) is 23.0 Å². The van der Waals surface area contributed by atoms with Gasteiger partial charge in [-0.3, -0.25) is 27.8 Å². The number of fused-ring (bicyclic) bond motifs is 2. The predicted molar refractivity (Wildman–Crippen MR) is 479 cm³/mol. The Labute approximate surface area is 723 Å². The lowest BCUT2D eigenvalue weighted by Gasteiger charge is -2.25. The monoisotopic (exact) mass is 1990 g/mol. The van der Waals surface area contributed by atoms with Crippen molar-refractivity contribution in [3.8, 4) is 23.0 Å². The van der Waals surface area contributed by atoms with Gasteiger partial charge in [-0.15, -0.1) is 0 Å². The summed E-state index contributed by atoms with van der Waals surface area (Å²) in [6, 6.07) is 43.0. The average molecular weight is 2000 g/mol. The van der Waals surface area contributed by atoms with Crippen molar-refractivity contribution in [3.63, 3.8) is 0 Å². The Hall–Kier alpha value is -10.0. The summed E-state index contributed by atoms with van der Waals surface area (Å²) in [6.07, 6.45) is 7.02. The van der Waals surface area contributed by atoms with E-state index in [9.17, 15) is 81.9 Å². The summed E-state index contributed by atoms with van der Waals surface area (Å²) >= 11 is 34.9. The number of hydrazone groups is 2. The van der Waals surface area contributed by atoms with E-state index in [2.05, 4.69) is 117 Å². The second kappa shape index (κ2) is 39.0. The van der Waals surface area contributed by atoms with Gasteiger partial charge >= 0.3 is 0 Å². The molecule has 10 aromatic rings. The third-order valence-electron chi connectivity index (χ3n) is 16.5. The fourth-order valence-corrected chi connectivity index (χ4v) is 17.1. The second-order valence-electron chi connectivity index (χ2n) is 24.6. The quantitative estimate of drug-likeness (QED) is 0.00541. The highest BCUT2D eigenvalue weighted by Crippen LogP contribution is 2.42. The molecule has 0 saturated carbocycles. The van der Waals surface area contributed by atoms with Gasteiger partial charge < -0.3 is 66.9 Å². The highest BCUT2D eigenvalue weighted by molar-refractivity contribution is 9.11. The minimum atomic E-state index is -5.02. The molecule has 0 fully saturated rings. The number of nitrogens with zero attached hydrogens (tertiary/aromatic N) is 4. The van der Waals surface area contributed by atoms with Crippen molar-refractivity contribution in [2.24, 2.45) is 10.2 Å². The van der Waals surface area contributed by atoms with Gasteiger partial charge in [0, 0.05) is 58.3 Å². The number of aromatic hydroxyl groups is 4. The molecule has 608 valence electrons. The molecule has 0 saturated heterocycles. The molecule has 43 heteroatoms. The Morgan fingerprint density at radius 2 is 0.701 bits per heavy atom. The first-order valence-electron chi connectivity index (χ1n) is 33.4. The number of phenolic OH excluding ortho intramolecular Hbond substituents is 4. The molecule has 0 aliphatic rings. The molecule has 0 aliphatic carbocycles. The molecule has 16 N–H and O–H groups in total. The zero-order valence-electron chi connectivity index (χ0n) is 59.5. The molecule has 117 heavy (non-hydrogen) atoms. The number of ether oxygens (including phenoxy) is 1. The predicted octanol–water partition coefficient (Wildman–Crippen LogP) is 13.2. The molecule has 0 heterocycles. The van der Waals surface area contributed by atoms with Gasteiger partial charge in [0.1, 0.15) is 64.6 Å². The van der Waals surface area contributed by atoms with E-state index in [1.54, 1.807) is 36.4 Å². The maximum Gasteiger partial charge on any atom is 0.295 e. The van der Waals surface area contributed by atoms with Crippen molar-refractivity contribution >= 4 is 278 Å². The Balaban J connectivity index is 0.710. The van der Waals surface area contributed by atoms with Gasteiger partial charge in [0.15, 0.2) is 20.4 Å². The maximum atomic E-state index is 13.5. The number of carbonyl (C=O) groups excluding carboxylic acids is 2. The van der Waals surface area contributed by atoms with Crippen LogP contribution in [0.3, 0.4) is 0 Å². The van der Waals surface area contributed by atoms with E-state index in [1.165, 1.54) is 94.8 Å².